The summed E-state index contributed by atoms with van der Waals surface area (Å²) in [6.07, 6.45) is 4.34. The van der Waals surface area contributed by atoms with E-state index in [1.54, 1.807) is 0 Å². The fraction of sp³-hybridized carbons (Fsp3) is 1.00. The van der Waals surface area contributed by atoms with E-state index in [1.807, 2.05) is 7.11 Å². The first kappa shape index (κ1) is 9.27. The Kier molecular flexibility index (Phi) is 3.13. The van der Waals surface area contributed by atoms with Gasteiger partial charge in [-0.3, -0.25) is 0 Å². The van der Waals surface area contributed by atoms with E-state index in [-0.39, 0.29) is 0 Å². The topological polar surface area (TPSA) is 9.23 Å². The molecule has 0 N–H and O–H groups in total. The molecule has 0 spiro atoms. The van der Waals surface area contributed by atoms with Gasteiger partial charge < -0.3 is 4.43 Å². The molecule has 1 nitrogen and oxygen atoms in total. The van der Waals surface area contributed by atoms with Gasteiger partial charge in [-0.05, 0) is 17.6 Å². The van der Waals surface area contributed by atoms with Crippen molar-refractivity contribution in [3.8, 4) is 0 Å². The standard InChI is InChI=1S/C9H20OSi/c1-4-11(5-2,10-3)9-7-6-8-9/h9H,4-8H2,1-3H3. The van der Waals surface area contributed by atoms with Crippen LogP contribution in [0.1, 0.15) is 33.1 Å². The van der Waals surface area contributed by atoms with Crippen LogP contribution in [-0.4, -0.2) is 15.4 Å². The highest BCUT2D eigenvalue weighted by Crippen LogP contribution is 2.44. The molecule has 1 rings (SSSR count). The van der Waals surface area contributed by atoms with Crippen molar-refractivity contribution in [2.24, 2.45) is 0 Å². The van der Waals surface area contributed by atoms with Gasteiger partial charge >= 0.3 is 0 Å². The second kappa shape index (κ2) is 3.72. The van der Waals surface area contributed by atoms with Gasteiger partial charge in [-0.2, -0.15) is 0 Å². The number of hydrogen-bond donors (Lipinski definition) is 0. The maximum Gasteiger partial charge on any atom is 0.194 e. The molecule has 0 bridgehead atoms. The first-order valence-electron chi connectivity index (χ1n) is 4.84. The summed E-state index contributed by atoms with van der Waals surface area (Å²) in [5.74, 6) is 0. The highest BCUT2D eigenvalue weighted by Gasteiger charge is 2.41. The molecular formula is C9H20OSi. The lowest BCUT2D eigenvalue weighted by Gasteiger charge is -2.41. The normalized spacial score (nSPS) is 19.9. The van der Waals surface area contributed by atoms with Gasteiger partial charge in [0.2, 0.25) is 0 Å². The van der Waals surface area contributed by atoms with E-state index >= 15 is 0 Å². The zero-order chi connectivity index (χ0) is 8.32. The van der Waals surface area contributed by atoms with Crippen LogP contribution in [0.4, 0.5) is 0 Å². The van der Waals surface area contributed by atoms with Crippen LogP contribution in [0.5, 0.6) is 0 Å². The molecule has 0 aromatic heterocycles. The van der Waals surface area contributed by atoms with Gasteiger partial charge in [0.1, 0.15) is 0 Å². The lowest BCUT2D eigenvalue weighted by Crippen LogP contribution is -2.43. The lowest BCUT2D eigenvalue weighted by molar-refractivity contribution is 0.339. The Morgan fingerprint density at radius 2 is 1.82 bits per heavy atom. The van der Waals surface area contributed by atoms with Crippen LogP contribution >= 0.6 is 0 Å². The van der Waals surface area contributed by atoms with Crippen LogP contribution in [0, 0.1) is 0 Å². The fourth-order valence-corrected chi connectivity index (χ4v) is 6.24. The van der Waals surface area contributed by atoms with E-state index in [0.29, 0.717) is 0 Å². The lowest BCUT2D eigenvalue weighted by atomic mass is 10.00. The van der Waals surface area contributed by atoms with E-state index in [2.05, 4.69) is 13.8 Å². The van der Waals surface area contributed by atoms with Crippen molar-refractivity contribution < 1.29 is 4.43 Å². The molecule has 1 saturated carbocycles. The zero-order valence-electron chi connectivity index (χ0n) is 8.02. The highest BCUT2D eigenvalue weighted by molar-refractivity contribution is 6.75. The number of rotatable bonds is 4. The van der Waals surface area contributed by atoms with Crippen LogP contribution in [0.25, 0.3) is 0 Å². The summed E-state index contributed by atoms with van der Waals surface area (Å²) in [5, 5.41) is 0. The highest BCUT2D eigenvalue weighted by atomic mass is 28.4. The Morgan fingerprint density at radius 3 is 1.91 bits per heavy atom. The van der Waals surface area contributed by atoms with Gasteiger partial charge in [0.25, 0.3) is 0 Å². The molecule has 0 radical (unpaired) electrons. The molecule has 1 fully saturated rings. The maximum atomic E-state index is 5.78. The third-order valence-electron chi connectivity index (χ3n) is 3.45. The second-order valence-corrected chi connectivity index (χ2v) is 8.37. The SMILES string of the molecule is CC[Si](CC)(OC)C1CCC1. The van der Waals surface area contributed by atoms with E-state index in [0.717, 1.165) is 5.54 Å². The average Bonchev–Trinajstić information content (AvgIpc) is 1.97. The monoisotopic (exact) mass is 172 g/mol. The summed E-state index contributed by atoms with van der Waals surface area (Å²) < 4.78 is 5.78. The van der Waals surface area contributed by atoms with Gasteiger partial charge in [0, 0.05) is 7.11 Å². The van der Waals surface area contributed by atoms with Crippen molar-refractivity contribution >= 4 is 8.32 Å². The molecule has 1 aliphatic carbocycles. The minimum atomic E-state index is -1.23. The molecule has 0 saturated heterocycles. The Balaban J connectivity index is 2.54. The minimum Gasteiger partial charge on any atom is -0.420 e. The molecular weight excluding hydrogens is 152 g/mol. The van der Waals surface area contributed by atoms with Crippen LogP contribution in [0.3, 0.4) is 0 Å². The largest absolute Gasteiger partial charge is 0.420 e. The molecule has 0 amide bonds. The first-order valence-corrected chi connectivity index (χ1v) is 7.24. The molecule has 66 valence electrons. The Labute approximate surface area is 71.3 Å². The molecule has 0 atom stereocenters. The summed E-state index contributed by atoms with van der Waals surface area (Å²) in [4.78, 5) is 0. The van der Waals surface area contributed by atoms with Gasteiger partial charge in [-0.1, -0.05) is 33.1 Å². The van der Waals surface area contributed by atoms with Crippen molar-refractivity contribution in [2.45, 2.75) is 50.7 Å². The third kappa shape index (κ3) is 1.52. The Hall–Kier alpha value is 0.177. The molecule has 1 aliphatic rings. The smallest absolute Gasteiger partial charge is 0.194 e. The van der Waals surface area contributed by atoms with Crippen molar-refractivity contribution in [1.82, 2.24) is 0 Å². The zero-order valence-corrected chi connectivity index (χ0v) is 9.02. The van der Waals surface area contributed by atoms with E-state index in [1.165, 1.54) is 31.4 Å². The summed E-state index contributed by atoms with van der Waals surface area (Å²) in [6.45, 7) is 4.61. The van der Waals surface area contributed by atoms with Gasteiger partial charge in [0.15, 0.2) is 8.32 Å². The quantitative estimate of drug-likeness (QED) is 0.592. The van der Waals surface area contributed by atoms with Crippen molar-refractivity contribution in [3.63, 3.8) is 0 Å². The molecule has 0 heterocycles. The summed E-state index contributed by atoms with van der Waals surface area (Å²) in [5.41, 5.74) is 0.988. The first-order chi connectivity index (χ1) is 5.29. The fourth-order valence-electron chi connectivity index (χ4n) is 2.22. The second-order valence-electron chi connectivity index (χ2n) is 3.60. The Bertz CT molecular complexity index is 108. The van der Waals surface area contributed by atoms with E-state index < -0.39 is 8.32 Å². The van der Waals surface area contributed by atoms with Crippen molar-refractivity contribution in [1.29, 1.82) is 0 Å². The molecule has 0 aliphatic heterocycles. The van der Waals surface area contributed by atoms with Gasteiger partial charge in [-0.15, -0.1) is 0 Å². The molecule has 0 aromatic carbocycles. The predicted molar refractivity (Wildman–Crippen MR) is 51.3 cm³/mol. The molecule has 2 heteroatoms. The van der Waals surface area contributed by atoms with Crippen LogP contribution in [0.15, 0.2) is 0 Å². The predicted octanol–water partition coefficient (Wildman–Crippen LogP) is 3.17. The van der Waals surface area contributed by atoms with Gasteiger partial charge in [0.05, 0.1) is 0 Å². The van der Waals surface area contributed by atoms with E-state index in [4.69, 9.17) is 4.43 Å². The summed E-state index contributed by atoms with van der Waals surface area (Å²) in [7, 11) is 0.694. The average molecular weight is 172 g/mol. The van der Waals surface area contributed by atoms with Crippen molar-refractivity contribution in [3.05, 3.63) is 0 Å². The maximum absolute atomic E-state index is 5.78. The van der Waals surface area contributed by atoms with Crippen LogP contribution in [0.2, 0.25) is 17.6 Å². The van der Waals surface area contributed by atoms with Crippen molar-refractivity contribution in [2.75, 3.05) is 7.11 Å². The third-order valence-corrected chi connectivity index (χ3v) is 8.72. The van der Waals surface area contributed by atoms with Crippen LogP contribution < -0.4 is 0 Å². The summed E-state index contributed by atoms with van der Waals surface area (Å²) in [6, 6.07) is 2.62. The van der Waals surface area contributed by atoms with E-state index in [9.17, 15) is 0 Å². The molecule has 0 aromatic rings. The molecule has 0 unspecified atom stereocenters. The molecule has 11 heavy (non-hydrogen) atoms. The van der Waals surface area contributed by atoms with Crippen LogP contribution in [-0.2, 0) is 4.43 Å². The van der Waals surface area contributed by atoms with Gasteiger partial charge in [-0.25, -0.2) is 0 Å². The number of hydrogen-bond acceptors (Lipinski definition) is 1. The minimum absolute atomic E-state index is 0.988. The Morgan fingerprint density at radius 1 is 1.27 bits per heavy atom. The summed E-state index contributed by atoms with van der Waals surface area (Å²) >= 11 is 0.